The fraction of sp³-hybridized carbons (Fsp3) is 0.0833. The first kappa shape index (κ1) is 10.9. The molecule has 2 aromatic rings. The van der Waals surface area contributed by atoms with Gasteiger partial charge in [0.05, 0.1) is 0 Å². The van der Waals surface area contributed by atoms with Crippen LogP contribution in [0.4, 0.5) is 0 Å². The number of carbonyl (C=O) groups excluding carboxylic acids is 1. The Hall–Kier alpha value is -2.61. The zero-order valence-corrected chi connectivity index (χ0v) is 8.67. The highest BCUT2D eigenvalue weighted by molar-refractivity contribution is 5.92. The first-order valence-electron chi connectivity index (χ1n) is 4.79. The van der Waals surface area contributed by atoms with Crippen LogP contribution >= 0.6 is 0 Å². The van der Waals surface area contributed by atoms with Gasteiger partial charge in [-0.2, -0.15) is 5.26 Å². The van der Waals surface area contributed by atoms with E-state index >= 15 is 0 Å². The molecule has 0 aliphatic carbocycles. The van der Waals surface area contributed by atoms with Crippen molar-refractivity contribution in [1.29, 1.82) is 5.26 Å². The van der Waals surface area contributed by atoms with E-state index < -0.39 is 18.2 Å². The number of esters is 1. The molecule has 0 saturated carbocycles. The van der Waals surface area contributed by atoms with E-state index in [0.29, 0.717) is 11.0 Å². The van der Waals surface area contributed by atoms with Crippen molar-refractivity contribution in [3.63, 3.8) is 0 Å². The number of hydrogen-bond donors (Lipinski definition) is 0. The lowest BCUT2D eigenvalue weighted by Crippen LogP contribution is -2.16. The summed E-state index contributed by atoms with van der Waals surface area (Å²) >= 11 is 0. The van der Waals surface area contributed by atoms with Gasteiger partial charge in [-0.25, -0.2) is 9.59 Å². The standard InChI is InChI=1S/C12H7NO4/c13-5-6-16-11(14)9-7-8-3-1-2-4-10(8)17-12(9)15/h1-4,7H,6H2. The second-order valence-electron chi connectivity index (χ2n) is 3.22. The maximum atomic E-state index is 11.5. The van der Waals surface area contributed by atoms with Crippen LogP contribution in [0.5, 0.6) is 0 Å². The molecule has 1 aromatic carbocycles. The minimum Gasteiger partial charge on any atom is -0.446 e. The Labute approximate surface area is 95.8 Å². The van der Waals surface area contributed by atoms with Gasteiger partial charge < -0.3 is 9.15 Å². The van der Waals surface area contributed by atoms with Crippen molar-refractivity contribution < 1.29 is 13.9 Å². The quantitative estimate of drug-likeness (QED) is 0.575. The van der Waals surface area contributed by atoms with Crippen LogP contribution in [0.1, 0.15) is 10.4 Å². The molecule has 0 bridgehead atoms. The Morgan fingerprint density at radius 2 is 2.18 bits per heavy atom. The number of ether oxygens (including phenoxy) is 1. The van der Waals surface area contributed by atoms with E-state index in [9.17, 15) is 9.59 Å². The molecule has 0 saturated heterocycles. The van der Waals surface area contributed by atoms with Crippen molar-refractivity contribution in [2.45, 2.75) is 0 Å². The number of para-hydroxylation sites is 1. The van der Waals surface area contributed by atoms with E-state index in [4.69, 9.17) is 9.68 Å². The number of nitrogens with zero attached hydrogens (tertiary/aromatic N) is 1. The van der Waals surface area contributed by atoms with Gasteiger partial charge in [-0.1, -0.05) is 18.2 Å². The fourth-order valence-corrected chi connectivity index (χ4v) is 1.38. The third-order valence-corrected chi connectivity index (χ3v) is 2.13. The summed E-state index contributed by atoms with van der Waals surface area (Å²) in [6.07, 6.45) is 0. The Balaban J connectivity index is 2.48. The van der Waals surface area contributed by atoms with Crippen LogP contribution in [0.3, 0.4) is 0 Å². The Kier molecular flexibility index (Phi) is 2.88. The largest absolute Gasteiger partial charge is 0.446 e. The molecule has 84 valence electrons. The SMILES string of the molecule is N#CCOC(=O)c1cc2ccccc2oc1=O. The molecule has 0 atom stereocenters. The highest BCUT2D eigenvalue weighted by Gasteiger charge is 2.14. The zero-order valence-electron chi connectivity index (χ0n) is 8.67. The number of rotatable bonds is 2. The van der Waals surface area contributed by atoms with Gasteiger partial charge in [-0.15, -0.1) is 0 Å². The van der Waals surface area contributed by atoms with Crippen molar-refractivity contribution in [3.05, 3.63) is 46.3 Å². The second-order valence-corrected chi connectivity index (χ2v) is 3.22. The molecule has 0 spiro atoms. The van der Waals surface area contributed by atoms with E-state index in [1.165, 1.54) is 6.07 Å². The van der Waals surface area contributed by atoms with Gasteiger partial charge in [0.2, 0.25) is 0 Å². The molecule has 0 N–H and O–H groups in total. The number of nitriles is 1. The summed E-state index contributed by atoms with van der Waals surface area (Å²) in [5.74, 6) is -0.856. The van der Waals surface area contributed by atoms with Crippen LogP contribution in [0, 0.1) is 11.3 Å². The smallest absolute Gasteiger partial charge is 0.351 e. The van der Waals surface area contributed by atoms with E-state index in [1.807, 2.05) is 0 Å². The van der Waals surface area contributed by atoms with Gasteiger partial charge in [0, 0.05) is 5.39 Å². The van der Waals surface area contributed by atoms with Gasteiger partial charge in [-0.05, 0) is 12.1 Å². The van der Waals surface area contributed by atoms with Crippen molar-refractivity contribution in [2.75, 3.05) is 6.61 Å². The first-order chi connectivity index (χ1) is 8.22. The van der Waals surface area contributed by atoms with Crippen LogP contribution in [0.25, 0.3) is 11.0 Å². The normalized spacial score (nSPS) is 9.82. The molecule has 5 heteroatoms. The molecule has 2 rings (SSSR count). The number of hydrogen-bond acceptors (Lipinski definition) is 5. The topological polar surface area (TPSA) is 80.3 Å². The van der Waals surface area contributed by atoms with Crippen molar-refractivity contribution in [2.24, 2.45) is 0 Å². The third kappa shape index (κ3) is 2.16. The van der Waals surface area contributed by atoms with Crippen LogP contribution in [0.15, 0.2) is 39.5 Å². The highest BCUT2D eigenvalue weighted by atomic mass is 16.5. The van der Waals surface area contributed by atoms with E-state index in [1.54, 1.807) is 30.3 Å². The van der Waals surface area contributed by atoms with Gasteiger partial charge >= 0.3 is 11.6 Å². The summed E-state index contributed by atoms with van der Waals surface area (Å²) in [5, 5.41) is 8.90. The van der Waals surface area contributed by atoms with Crippen LogP contribution in [-0.2, 0) is 4.74 Å². The van der Waals surface area contributed by atoms with E-state index in [-0.39, 0.29) is 5.56 Å². The summed E-state index contributed by atoms with van der Waals surface area (Å²) in [6, 6.07) is 9.85. The van der Waals surface area contributed by atoms with Crippen molar-refractivity contribution >= 4 is 16.9 Å². The first-order valence-corrected chi connectivity index (χ1v) is 4.79. The fourth-order valence-electron chi connectivity index (χ4n) is 1.38. The number of fused-ring (bicyclic) bond motifs is 1. The molecule has 1 heterocycles. The molecule has 0 aliphatic rings. The monoisotopic (exact) mass is 229 g/mol. The second kappa shape index (κ2) is 4.49. The summed E-state index contributed by atoms with van der Waals surface area (Å²) < 4.78 is 9.50. The molecule has 1 aromatic heterocycles. The molecule has 0 fully saturated rings. The highest BCUT2D eigenvalue weighted by Crippen LogP contribution is 2.12. The predicted octanol–water partition coefficient (Wildman–Crippen LogP) is 1.47. The molecule has 0 radical (unpaired) electrons. The Morgan fingerprint density at radius 3 is 2.94 bits per heavy atom. The maximum absolute atomic E-state index is 11.5. The van der Waals surface area contributed by atoms with E-state index in [0.717, 1.165) is 0 Å². The predicted molar refractivity (Wildman–Crippen MR) is 58.4 cm³/mol. The molecule has 5 nitrogen and oxygen atoms in total. The summed E-state index contributed by atoms with van der Waals surface area (Å²) in [7, 11) is 0. The van der Waals surface area contributed by atoms with Crippen LogP contribution < -0.4 is 5.63 Å². The minimum atomic E-state index is -0.856. The summed E-state index contributed by atoms with van der Waals surface area (Å²) in [5.41, 5.74) is -0.583. The third-order valence-electron chi connectivity index (χ3n) is 2.13. The Morgan fingerprint density at radius 1 is 1.41 bits per heavy atom. The lowest BCUT2D eigenvalue weighted by atomic mass is 10.2. The van der Waals surface area contributed by atoms with Gasteiger partial charge in [0.15, 0.2) is 6.61 Å². The molecule has 0 amide bonds. The van der Waals surface area contributed by atoms with Crippen LogP contribution in [-0.4, -0.2) is 12.6 Å². The molecular formula is C12H7NO4. The van der Waals surface area contributed by atoms with Crippen molar-refractivity contribution in [1.82, 2.24) is 0 Å². The molecular weight excluding hydrogens is 222 g/mol. The summed E-state index contributed by atoms with van der Waals surface area (Å²) in [4.78, 5) is 22.9. The van der Waals surface area contributed by atoms with Gasteiger partial charge in [0.1, 0.15) is 17.2 Å². The molecule has 0 aliphatic heterocycles. The van der Waals surface area contributed by atoms with Gasteiger partial charge in [-0.3, -0.25) is 0 Å². The maximum Gasteiger partial charge on any atom is 0.351 e. The van der Waals surface area contributed by atoms with Crippen LogP contribution in [0.2, 0.25) is 0 Å². The lowest BCUT2D eigenvalue weighted by Gasteiger charge is -2.00. The van der Waals surface area contributed by atoms with E-state index in [2.05, 4.69) is 4.74 Å². The van der Waals surface area contributed by atoms with Crippen molar-refractivity contribution in [3.8, 4) is 6.07 Å². The number of benzene rings is 1. The zero-order chi connectivity index (χ0) is 12.3. The average Bonchev–Trinajstić information content (AvgIpc) is 2.35. The summed E-state index contributed by atoms with van der Waals surface area (Å²) in [6.45, 7) is -0.398. The Bertz CT molecular complexity index is 666. The van der Waals surface area contributed by atoms with Gasteiger partial charge in [0.25, 0.3) is 0 Å². The lowest BCUT2D eigenvalue weighted by molar-refractivity contribution is 0.0550. The number of carbonyl (C=O) groups is 1. The molecule has 17 heavy (non-hydrogen) atoms. The average molecular weight is 229 g/mol. The minimum absolute atomic E-state index is 0.209. The molecule has 0 unspecified atom stereocenters.